The van der Waals surface area contributed by atoms with Gasteiger partial charge in [-0.3, -0.25) is 4.79 Å². The molecule has 0 fully saturated rings. The minimum absolute atomic E-state index is 0.163. The number of nitrogens with one attached hydrogen (secondary N) is 1. The van der Waals surface area contributed by atoms with Crippen molar-refractivity contribution in [2.45, 2.75) is 15.5 Å². The quantitative estimate of drug-likeness (QED) is 0.547. The molecule has 1 amide bonds. The molecule has 0 aliphatic carbocycles. The van der Waals surface area contributed by atoms with E-state index in [1.54, 1.807) is 30.0 Å². The summed E-state index contributed by atoms with van der Waals surface area (Å²) in [6, 6.07) is 25.8. The largest absolute Gasteiger partial charge is 0.325 e. The van der Waals surface area contributed by atoms with Crippen LogP contribution in [0.15, 0.2) is 94.7 Å². The van der Waals surface area contributed by atoms with E-state index >= 15 is 0 Å². The maximum Gasteiger partial charge on any atom is 0.243 e. The Hall–Kier alpha value is -2.61. The number of rotatable bonds is 8. The number of carbonyl (C=O) groups is 1. The number of nitrogens with zero attached hydrogens (tertiary/aromatic N) is 1. The number of carbonyl (C=O) groups excluding carboxylic acids is 1. The van der Waals surface area contributed by atoms with Gasteiger partial charge in [0.1, 0.15) is 0 Å². The second kappa shape index (κ2) is 9.73. The van der Waals surface area contributed by atoms with Gasteiger partial charge in [0.05, 0.1) is 11.4 Å². The summed E-state index contributed by atoms with van der Waals surface area (Å²) in [5.41, 5.74) is 1.77. The number of hydrogen-bond acceptors (Lipinski definition) is 4. The first-order valence-electron chi connectivity index (χ1n) is 9.03. The maximum absolute atomic E-state index is 12.5. The first-order chi connectivity index (χ1) is 13.9. The van der Waals surface area contributed by atoms with E-state index in [0.717, 1.165) is 15.6 Å². The van der Waals surface area contributed by atoms with E-state index < -0.39 is 15.9 Å². The number of likely N-dealkylation sites (N-methyl/N-ethyl adjacent to an activating group) is 1. The molecule has 0 heterocycles. The van der Waals surface area contributed by atoms with Gasteiger partial charge in [-0.1, -0.05) is 48.5 Å². The predicted octanol–water partition coefficient (Wildman–Crippen LogP) is 4.24. The van der Waals surface area contributed by atoms with Crippen molar-refractivity contribution in [1.29, 1.82) is 0 Å². The number of hydrogen-bond donors (Lipinski definition) is 1. The fourth-order valence-electron chi connectivity index (χ4n) is 2.63. The first-order valence-corrected chi connectivity index (χ1v) is 11.5. The summed E-state index contributed by atoms with van der Waals surface area (Å²) in [4.78, 5) is 13.6. The zero-order valence-corrected chi connectivity index (χ0v) is 17.6. The van der Waals surface area contributed by atoms with Gasteiger partial charge in [-0.2, -0.15) is 4.31 Å². The minimum Gasteiger partial charge on any atom is -0.325 e. The zero-order chi connectivity index (χ0) is 20.7. The molecule has 0 aliphatic heterocycles. The fourth-order valence-corrected chi connectivity index (χ4v) is 4.65. The van der Waals surface area contributed by atoms with Crippen molar-refractivity contribution in [1.82, 2.24) is 4.31 Å². The molecular weight excluding hydrogens is 404 g/mol. The van der Waals surface area contributed by atoms with E-state index in [9.17, 15) is 13.2 Å². The Morgan fingerprint density at radius 1 is 0.897 bits per heavy atom. The van der Waals surface area contributed by atoms with Crippen molar-refractivity contribution >= 4 is 33.4 Å². The fraction of sp³-hybridized carbons (Fsp3) is 0.136. The van der Waals surface area contributed by atoms with Crippen LogP contribution in [-0.2, 0) is 20.6 Å². The molecule has 0 aromatic heterocycles. The van der Waals surface area contributed by atoms with Gasteiger partial charge in [0, 0.05) is 23.4 Å². The SMILES string of the molecule is CN(CC(=O)Nc1ccc(CSc2ccccc2)cc1)S(=O)(=O)c1ccccc1. The van der Waals surface area contributed by atoms with E-state index in [-0.39, 0.29) is 11.4 Å². The molecule has 0 saturated carbocycles. The highest BCUT2D eigenvalue weighted by atomic mass is 32.2. The summed E-state index contributed by atoms with van der Waals surface area (Å²) >= 11 is 1.74. The van der Waals surface area contributed by atoms with Crippen molar-refractivity contribution in [3.05, 3.63) is 90.5 Å². The van der Waals surface area contributed by atoms with Crippen molar-refractivity contribution in [3.63, 3.8) is 0 Å². The molecule has 5 nitrogen and oxygen atoms in total. The average molecular weight is 427 g/mol. The molecule has 3 aromatic rings. The summed E-state index contributed by atoms with van der Waals surface area (Å²) < 4.78 is 26.0. The highest BCUT2D eigenvalue weighted by Gasteiger charge is 2.22. The molecule has 150 valence electrons. The van der Waals surface area contributed by atoms with Crippen LogP contribution in [0.25, 0.3) is 0 Å². The van der Waals surface area contributed by atoms with Crippen molar-refractivity contribution in [3.8, 4) is 0 Å². The molecule has 3 aromatic carbocycles. The topological polar surface area (TPSA) is 66.5 Å². The molecule has 0 bridgehead atoms. The monoisotopic (exact) mass is 426 g/mol. The number of anilines is 1. The second-order valence-electron chi connectivity index (χ2n) is 6.42. The van der Waals surface area contributed by atoms with Gasteiger partial charge < -0.3 is 5.32 Å². The van der Waals surface area contributed by atoms with E-state index in [1.807, 2.05) is 42.5 Å². The van der Waals surface area contributed by atoms with Crippen LogP contribution in [0.5, 0.6) is 0 Å². The van der Waals surface area contributed by atoms with Gasteiger partial charge >= 0.3 is 0 Å². The van der Waals surface area contributed by atoms with Gasteiger partial charge in [0.2, 0.25) is 15.9 Å². The lowest BCUT2D eigenvalue weighted by molar-refractivity contribution is -0.116. The van der Waals surface area contributed by atoms with E-state index in [1.165, 1.54) is 24.1 Å². The Morgan fingerprint density at radius 3 is 2.10 bits per heavy atom. The molecule has 0 saturated heterocycles. The molecule has 0 atom stereocenters. The highest BCUT2D eigenvalue weighted by Crippen LogP contribution is 2.23. The summed E-state index contributed by atoms with van der Waals surface area (Å²) in [6.07, 6.45) is 0. The summed E-state index contributed by atoms with van der Waals surface area (Å²) in [5, 5.41) is 2.75. The molecule has 0 aliphatic rings. The van der Waals surface area contributed by atoms with Gasteiger partial charge in [-0.15, -0.1) is 11.8 Å². The van der Waals surface area contributed by atoms with Crippen LogP contribution < -0.4 is 5.32 Å². The normalized spacial score (nSPS) is 11.4. The average Bonchev–Trinajstić information content (AvgIpc) is 2.74. The lowest BCUT2D eigenvalue weighted by atomic mass is 10.2. The predicted molar refractivity (Wildman–Crippen MR) is 117 cm³/mol. The molecule has 0 spiro atoms. The van der Waals surface area contributed by atoms with Crippen LogP contribution in [0.3, 0.4) is 0 Å². The second-order valence-corrected chi connectivity index (χ2v) is 9.51. The smallest absolute Gasteiger partial charge is 0.243 e. The van der Waals surface area contributed by atoms with Crippen LogP contribution >= 0.6 is 11.8 Å². The number of amides is 1. The summed E-state index contributed by atoms with van der Waals surface area (Å²) in [7, 11) is -2.30. The maximum atomic E-state index is 12.5. The van der Waals surface area contributed by atoms with Crippen molar-refractivity contribution in [2.75, 3.05) is 18.9 Å². The van der Waals surface area contributed by atoms with Crippen LogP contribution in [0, 0.1) is 0 Å². The minimum atomic E-state index is -3.70. The third-order valence-corrected chi connectivity index (χ3v) is 7.10. The zero-order valence-electron chi connectivity index (χ0n) is 16.0. The number of benzene rings is 3. The lowest BCUT2D eigenvalue weighted by Crippen LogP contribution is -2.34. The number of thioether (sulfide) groups is 1. The van der Waals surface area contributed by atoms with E-state index in [4.69, 9.17) is 0 Å². The van der Waals surface area contributed by atoms with Crippen LogP contribution in [0.4, 0.5) is 5.69 Å². The molecule has 7 heteroatoms. The standard InChI is InChI=1S/C22H22N2O3S2/c1-24(29(26,27)21-10-6-3-7-11-21)16-22(25)23-19-14-12-18(13-15-19)17-28-20-8-4-2-5-9-20/h2-15H,16-17H2,1H3,(H,23,25). The Kier molecular flexibility index (Phi) is 7.09. The third kappa shape index (κ3) is 5.93. The van der Waals surface area contributed by atoms with Gasteiger partial charge in [0.15, 0.2) is 0 Å². The molecule has 1 N–H and O–H groups in total. The van der Waals surface area contributed by atoms with Crippen LogP contribution in [0.1, 0.15) is 5.56 Å². The molecule has 3 rings (SSSR count). The van der Waals surface area contributed by atoms with Crippen LogP contribution in [0.2, 0.25) is 0 Å². The third-order valence-electron chi connectivity index (χ3n) is 4.20. The van der Waals surface area contributed by atoms with Crippen molar-refractivity contribution in [2.24, 2.45) is 0 Å². The van der Waals surface area contributed by atoms with Gasteiger partial charge in [-0.25, -0.2) is 8.42 Å². The highest BCUT2D eigenvalue weighted by molar-refractivity contribution is 7.98. The van der Waals surface area contributed by atoms with Gasteiger partial charge in [-0.05, 0) is 42.0 Å². The molecule has 0 radical (unpaired) electrons. The molecule has 0 unspecified atom stereocenters. The molecule has 29 heavy (non-hydrogen) atoms. The Labute approximate surface area is 175 Å². The Balaban J connectivity index is 1.54. The summed E-state index contributed by atoms with van der Waals surface area (Å²) in [6.45, 7) is -0.261. The van der Waals surface area contributed by atoms with Gasteiger partial charge in [0.25, 0.3) is 0 Å². The Bertz CT molecular complexity index is 1040. The van der Waals surface area contributed by atoms with Crippen LogP contribution in [-0.4, -0.2) is 32.2 Å². The Morgan fingerprint density at radius 2 is 1.48 bits per heavy atom. The van der Waals surface area contributed by atoms with Crippen molar-refractivity contribution < 1.29 is 13.2 Å². The van der Waals surface area contributed by atoms with E-state index in [2.05, 4.69) is 17.4 Å². The number of sulfonamides is 1. The molecular formula is C22H22N2O3S2. The first kappa shape index (κ1) is 21.1. The summed E-state index contributed by atoms with van der Waals surface area (Å²) in [5.74, 6) is 0.439. The van der Waals surface area contributed by atoms with E-state index in [0.29, 0.717) is 5.69 Å². The lowest BCUT2D eigenvalue weighted by Gasteiger charge is -2.17.